The minimum atomic E-state index is 0.609. The molecule has 1 aliphatic carbocycles. The summed E-state index contributed by atoms with van der Waals surface area (Å²) in [4.78, 5) is 4.64. The zero-order valence-corrected chi connectivity index (χ0v) is 14.7. The van der Waals surface area contributed by atoms with Crippen LogP contribution in [-0.4, -0.2) is 16.1 Å². The van der Waals surface area contributed by atoms with Gasteiger partial charge in [0, 0.05) is 30.4 Å². The van der Waals surface area contributed by atoms with Gasteiger partial charge in [-0.05, 0) is 49.8 Å². The molecular weight excluding hydrogens is 282 g/mol. The number of nitrogens with one attached hydrogen (secondary N) is 1. The second-order valence-corrected chi connectivity index (χ2v) is 6.58. The number of hydrogen-bond acceptors (Lipinski definition) is 2. The summed E-state index contributed by atoms with van der Waals surface area (Å²) >= 11 is 0. The lowest BCUT2D eigenvalue weighted by Gasteiger charge is -2.18. The maximum absolute atomic E-state index is 4.64. The molecule has 2 aromatic heterocycles. The fraction of sp³-hybridized carbons (Fsp3) is 0.450. The Morgan fingerprint density at radius 2 is 2.17 bits per heavy atom. The molecule has 3 rings (SSSR count). The van der Waals surface area contributed by atoms with Crippen molar-refractivity contribution in [1.82, 2.24) is 9.55 Å². The summed E-state index contributed by atoms with van der Waals surface area (Å²) in [6, 6.07) is 2.14. The molecule has 1 N–H and O–H groups in total. The van der Waals surface area contributed by atoms with E-state index in [9.17, 15) is 0 Å². The van der Waals surface area contributed by atoms with Crippen LogP contribution in [-0.2, 0) is 6.54 Å². The van der Waals surface area contributed by atoms with Crippen molar-refractivity contribution in [2.24, 2.45) is 5.92 Å². The normalized spacial score (nSPS) is 17.6. The monoisotopic (exact) mass is 309 g/mol. The molecule has 0 aliphatic heterocycles. The van der Waals surface area contributed by atoms with E-state index in [1.807, 2.05) is 6.20 Å². The number of hydrogen-bond donors (Lipinski definition) is 1. The van der Waals surface area contributed by atoms with E-state index in [1.54, 1.807) is 0 Å². The van der Waals surface area contributed by atoms with Crippen molar-refractivity contribution in [3.05, 3.63) is 47.3 Å². The van der Waals surface area contributed by atoms with Gasteiger partial charge in [0.25, 0.3) is 0 Å². The summed E-state index contributed by atoms with van der Waals surface area (Å²) in [6.45, 7) is 10.9. The third kappa shape index (κ3) is 2.92. The van der Waals surface area contributed by atoms with Gasteiger partial charge in [0.15, 0.2) is 5.82 Å². The first-order chi connectivity index (χ1) is 11.1. The number of aryl methyl sites for hydroxylation is 2. The highest BCUT2D eigenvalue weighted by molar-refractivity contribution is 5.93. The first-order valence-corrected chi connectivity index (χ1v) is 8.67. The smallest absolute Gasteiger partial charge is 0.150 e. The largest absolute Gasteiger partial charge is 0.365 e. The Balaban J connectivity index is 1.96. The SMILES string of the molecule is CCCn1c(C)c(C)c2ccnc(NCC3=CC=CCC3C)c21. The third-order valence-electron chi connectivity index (χ3n) is 5.02. The summed E-state index contributed by atoms with van der Waals surface area (Å²) < 4.78 is 2.42. The van der Waals surface area contributed by atoms with Crippen LogP contribution in [0.25, 0.3) is 10.9 Å². The number of anilines is 1. The molecule has 0 saturated heterocycles. The van der Waals surface area contributed by atoms with E-state index in [-0.39, 0.29) is 0 Å². The van der Waals surface area contributed by atoms with Crippen LogP contribution >= 0.6 is 0 Å². The van der Waals surface area contributed by atoms with Crippen molar-refractivity contribution in [1.29, 1.82) is 0 Å². The zero-order valence-electron chi connectivity index (χ0n) is 14.7. The van der Waals surface area contributed by atoms with Crippen LogP contribution in [0.15, 0.2) is 36.1 Å². The molecule has 0 bridgehead atoms. The summed E-state index contributed by atoms with van der Waals surface area (Å²) in [5.41, 5.74) is 5.43. The lowest BCUT2D eigenvalue weighted by molar-refractivity contribution is 0.674. The Morgan fingerprint density at radius 3 is 2.91 bits per heavy atom. The molecule has 0 fully saturated rings. The summed E-state index contributed by atoms with van der Waals surface area (Å²) in [7, 11) is 0. The summed E-state index contributed by atoms with van der Waals surface area (Å²) in [6.07, 6.45) is 10.8. The third-order valence-corrected chi connectivity index (χ3v) is 5.02. The number of fused-ring (bicyclic) bond motifs is 1. The Kier molecular flexibility index (Phi) is 4.56. The van der Waals surface area contributed by atoms with Crippen molar-refractivity contribution in [3.8, 4) is 0 Å². The van der Waals surface area contributed by atoms with Crippen LogP contribution < -0.4 is 5.32 Å². The van der Waals surface area contributed by atoms with Crippen LogP contribution in [0.5, 0.6) is 0 Å². The van der Waals surface area contributed by atoms with E-state index in [0.717, 1.165) is 31.7 Å². The van der Waals surface area contributed by atoms with Gasteiger partial charge in [-0.2, -0.15) is 0 Å². The molecule has 2 aromatic rings. The molecule has 1 atom stereocenters. The maximum atomic E-state index is 4.64. The minimum Gasteiger partial charge on any atom is -0.365 e. The van der Waals surface area contributed by atoms with Crippen LogP contribution in [0.4, 0.5) is 5.82 Å². The standard InChI is InChI=1S/C20H27N3/c1-5-12-23-16(4)15(3)18-10-11-21-20(19(18)23)22-13-17-9-7-6-8-14(17)2/h6-7,9-11,14H,5,8,12-13H2,1-4H3,(H,21,22). The van der Waals surface area contributed by atoms with Gasteiger partial charge < -0.3 is 9.88 Å². The Bertz CT molecular complexity index is 765. The first kappa shape index (κ1) is 15.9. The van der Waals surface area contributed by atoms with E-state index >= 15 is 0 Å². The van der Waals surface area contributed by atoms with Gasteiger partial charge in [-0.1, -0.05) is 32.1 Å². The lowest BCUT2D eigenvalue weighted by Crippen LogP contribution is -2.14. The molecule has 3 nitrogen and oxygen atoms in total. The van der Waals surface area contributed by atoms with Gasteiger partial charge in [0.2, 0.25) is 0 Å². The average molecular weight is 309 g/mol. The van der Waals surface area contributed by atoms with Crippen molar-refractivity contribution in [2.75, 3.05) is 11.9 Å². The van der Waals surface area contributed by atoms with Crippen LogP contribution in [0, 0.1) is 19.8 Å². The van der Waals surface area contributed by atoms with E-state index in [4.69, 9.17) is 0 Å². The molecule has 1 aliphatic rings. The minimum absolute atomic E-state index is 0.609. The molecule has 1 unspecified atom stereocenters. The number of nitrogens with zero attached hydrogens (tertiary/aromatic N) is 2. The van der Waals surface area contributed by atoms with Crippen LogP contribution in [0.3, 0.4) is 0 Å². The molecule has 0 radical (unpaired) electrons. The number of aromatic nitrogens is 2. The van der Waals surface area contributed by atoms with Gasteiger partial charge in [-0.15, -0.1) is 0 Å². The molecule has 0 amide bonds. The van der Waals surface area contributed by atoms with Crippen molar-refractivity contribution in [2.45, 2.75) is 47.1 Å². The van der Waals surface area contributed by atoms with Gasteiger partial charge in [0.1, 0.15) is 0 Å². The second-order valence-electron chi connectivity index (χ2n) is 6.58. The number of pyridine rings is 1. The van der Waals surface area contributed by atoms with Gasteiger partial charge in [-0.3, -0.25) is 0 Å². The molecule has 0 spiro atoms. The van der Waals surface area contributed by atoms with Crippen molar-refractivity contribution >= 4 is 16.7 Å². The highest BCUT2D eigenvalue weighted by atomic mass is 15.1. The highest BCUT2D eigenvalue weighted by Crippen LogP contribution is 2.30. The van der Waals surface area contributed by atoms with E-state index in [2.05, 4.69) is 66.9 Å². The van der Waals surface area contributed by atoms with Crippen molar-refractivity contribution in [3.63, 3.8) is 0 Å². The van der Waals surface area contributed by atoms with Crippen LogP contribution in [0.1, 0.15) is 37.9 Å². The van der Waals surface area contributed by atoms with Crippen molar-refractivity contribution < 1.29 is 0 Å². The quantitative estimate of drug-likeness (QED) is 0.842. The fourth-order valence-corrected chi connectivity index (χ4v) is 3.44. The average Bonchev–Trinajstić information content (AvgIpc) is 2.80. The summed E-state index contributed by atoms with van der Waals surface area (Å²) in [5, 5.41) is 4.91. The zero-order chi connectivity index (χ0) is 16.4. The van der Waals surface area contributed by atoms with E-state index < -0.39 is 0 Å². The number of allylic oxidation sites excluding steroid dienone is 3. The predicted molar refractivity (Wildman–Crippen MR) is 99.0 cm³/mol. The molecule has 23 heavy (non-hydrogen) atoms. The second kappa shape index (κ2) is 6.61. The number of rotatable bonds is 5. The lowest BCUT2D eigenvalue weighted by atomic mass is 9.93. The fourth-order valence-electron chi connectivity index (χ4n) is 3.44. The topological polar surface area (TPSA) is 29.9 Å². The van der Waals surface area contributed by atoms with E-state index in [1.165, 1.54) is 27.7 Å². The van der Waals surface area contributed by atoms with Gasteiger partial charge in [-0.25, -0.2) is 4.98 Å². The summed E-state index contributed by atoms with van der Waals surface area (Å²) in [5.74, 6) is 1.62. The molecule has 122 valence electrons. The van der Waals surface area contributed by atoms with Crippen LogP contribution in [0.2, 0.25) is 0 Å². The van der Waals surface area contributed by atoms with E-state index in [0.29, 0.717) is 5.92 Å². The predicted octanol–water partition coefficient (Wildman–Crippen LogP) is 5.00. The molecule has 0 aromatic carbocycles. The Hall–Kier alpha value is -2.03. The highest BCUT2D eigenvalue weighted by Gasteiger charge is 2.16. The maximum Gasteiger partial charge on any atom is 0.150 e. The van der Waals surface area contributed by atoms with Gasteiger partial charge >= 0.3 is 0 Å². The molecular formula is C20H27N3. The Morgan fingerprint density at radius 1 is 1.35 bits per heavy atom. The molecule has 2 heterocycles. The molecule has 0 saturated carbocycles. The molecule has 3 heteroatoms. The first-order valence-electron chi connectivity index (χ1n) is 8.67. The Labute approximate surface area is 139 Å². The van der Waals surface area contributed by atoms with Gasteiger partial charge in [0.05, 0.1) is 5.52 Å².